The van der Waals surface area contributed by atoms with Gasteiger partial charge in [-0.1, -0.05) is 23.7 Å². The highest BCUT2D eigenvalue weighted by atomic mass is 35.5. The fraction of sp³-hybridized carbons (Fsp3) is 0.259. The molecule has 9 nitrogen and oxygen atoms in total. The summed E-state index contributed by atoms with van der Waals surface area (Å²) in [5.74, 6) is 2.36. The average molecular weight is 518 g/mol. The second-order valence-corrected chi connectivity index (χ2v) is 9.13. The number of carbonyl (C=O) groups is 1. The minimum absolute atomic E-state index is 0.131. The third kappa shape index (κ3) is 4.95. The van der Waals surface area contributed by atoms with E-state index in [0.717, 1.165) is 41.2 Å². The fourth-order valence-electron chi connectivity index (χ4n) is 4.55. The molecule has 3 heterocycles. The van der Waals surface area contributed by atoms with Gasteiger partial charge in [-0.05, 0) is 43.5 Å². The first-order valence-corrected chi connectivity index (χ1v) is 12.5. The number of ether oxygens (including phenoxy) is 1. The van der Waals surface area contributed by atoms with E-state index in [-0.39, 0.29) is 5.91 Å². The van der Waals surface area contributed by atoms with Gasteiger partial charge in [0.15, 0.2) is 5.82 Å². The van der Waals surface area contributed by atoms with Gasteiger partial charge >= 0.3 is 0 Å². The second-order valence-electron chi connectivity index (χ2n) is 8.72. The number of nitrogens with one attached hydrogen (secondary N) is 2. The molecule has 0 bridgehead atoms. The predicted octanol–water partition coefficient (Wildman–Crippen LogP) is 5.72. The molecule has 0 unspecified atom stereocenters. The third-order valence-electron chi connectivity index (χ3n) is 6.38. The van der Waals surface area contributed by atoms with Gasteiger partial charge in [0.25, 0.3) is 0 Å². The molecule has 0 spiro atoms. The summed E-state index contributed by atoms with van der Waals surface area (Å²) in [6.07, 6.45) is 7.34. The van der Waals surface area contributed by atoms with Gasteiger partial charge < -0.3 is 24.8 Å². The molecule has 0 fully saturated rings. The Hall–Kier alpha value is -4.11. The Bertz CT molecular complexity index is 1450. The zero-order valence-corrected chi connectivity index (χ0v) is 21.7. The van der Waals surface area contributed by atoms with Gasteiger partial charge in [-0.2, -0.15) is 4.98 Å². The monoisotopic (exact) mass is 517 g/mol. The molecule has 0 aliphatic carbocycles. The Balaban J connectivity index is 1.47. The smallest absolute Gasteiger partial charge is 0.229 e. The molecule has 2 N–H and O–H groups in total. The topological polar surface area (TPSA) is 97.2 Å². The van der Waals surface area contributed by atoms with Crippen molar-refractivity contribution in [3.8, 4) is 17.1 Å². The molecule has 0 radical (unpaired) electrons. The number of para-hydroxylation sites is 1. The Labute approximate surface area is 220 Å². The number of hydrogen-bond donors (Lipinski definition) is 2. The van der Waals surface area contributed by atoms with Gasteiger partial charge in [0, 0.05) is 44.0 Å². The van der Waals surface area contributed by atoms with E-state index >= 15 is 0 Å². The first-order valence-electron chi connectivity index (χ1n) is 12.1. The number of benzene rings is 2. The Morgan fingerprint density at radius 1 is 1.11 bits per heavy atom. The lowest BCUT2D eigenvalue weighted by Gasteiger charge is -2.23. The van der Waals surface area contributed by atoms with E-state index in [1.54, 1.807) is 19.5 Å². The van der Waals surface area contributed by atoms with Crippen molar-refractivity contribution in [2.75, 3.05) is 29.2 Å². The quantitative estimate of drug-likeness (QED) is 0.324. The molecule has 37 heavy (non-hydrogen) atoms. The fourth-order valence-corrected chi connectivity index (χ4v) is 4.69. The van der Waals surface area contributed by atoms with Crippen LogP contribution < -0.4 is 20.3 Å². The average Bonchev–Trinajstić information content (AvgIpc) is 3.26. The van der Waals surface area contributed by atoms with Crippen molar-refractivity contribution in [3.05, 3.63) is 65.6 Å². The number of aryl methyl sites for hydroxylation is 2. The molecular weight excluding hydrogens is 490 g/mol. The summed E-state index contributed by atoms with van der Waals surface area (Å²) in [6, 6.07) is 11.8. The lowest BCUT2D eigenvalue weighted by Crippen LogP contribution is -2.29. The number of aromatic nitrogens is 4. The van der Waals surface area contributed by atoms with E-state index in [9.17, 15) is 4.79 Å². The molecule has 10 heteroatoms. The van der Waals surface area contributed by atoms with Crippen molar-refractivity contribution in [2.24, 2.45) is 7.05 Å². The van der Waals surface area contributed by atoms with Crippen LogP contribution in [-0.4, -0.2) is 39.1 Å². The molecule has 1 aliphatic heterocycles. The van der Waals surface area contributed by atoms with Crippen molar-refractivity contribution in [1.29, 1.82) is 0 Å². The molecule has 2 aromatic carbocycles. The lowest BCUT2D eigenvalue weighted by atomic mass is 10.1. The van der Waals surface area contributed by atoms with Crippen LogP contribution in [0.5, 0.6) is 5.75 Å². The summed E-state index contributed by atoms with van der Waals surface area (Å²) in [7, 11) is 3.55. The number of anilines is 5. The summed E-state index contributed by atoms with van der Waals surface area (Å²) in [6.45, 7) is 2.59. The molecule has 0 saturated heterocycles. The predicted molar refractivity (Wildman–Crippen MR) is 146 cm³/mol. The van der Waals surface area contributed by atoms with Crippen LogP contribution in [0.25, 0.3) is 11.4 Å². The summed E-state index contributed by atoms with van der Waals surface area (Å²) in [5, 5.41) is 6.99. The number of nitrogens with zero attached hydrogens (tertiary/aromatic N) is 5. The standard InChI is InChI=1S/C27H28ClN7O2/c1-4-35-22-15-23(37-3)21(14-17(22)8-7-11-24(35)36)32-27-30-16-19(28)25(33-27)31-20-10-6-5-9-18(20)26-29-12-13-34(26)2/h5-6,9-10,12-16H,4,7-8,11H2,1-3H3,(H2,30,31,32,33). The molecular formula is C27H28ClN7O2. The highest BCUT2D eigenvalue weighted by Gasteiger charge is 2.23. The molecule has 0 saturated carbocycles. The van der Waals surface area contributed by atoms with Crippen LogP contribution in [0.1, 0.15) is 25.3 Å². The SMILES string of the molecule is CCN1C(=O)CCCc2cc(Nc3ncc(Cl)c(Nc4ccccc4-c4nccn4C)n3)c(OC)cc21. The van der Waals surface area contributed by atoms with Crippen LogP contribution in [0.4, 0.5) is 28.8 Å². The lowest BCUT2D eigenvalue weighted by molar-refractivity contribution is -0.118. The Morgan fingerprint density at radius 2 is 1.95 bits per heavy atom. The second kappa shape index (κ2) is 10.5. The number of hydrogen-bond acceptors (Lipinski definition) is 7. The number of halogens is 1. The third-order valence-corrected chi connectivity index (χ3v) is 6.65. The zero-order valence-electron chi connectivity index (χ0n) is 21.0. The van der Waals surface area contributed by atoms with Gasteiger partial charge in [0.2, 0.25) is 11.9 Å². The molecule has 4 aromatic rings. The first kappa shape index (κ1) is 24.6. The van der Waals surface area contributed by atoms with Crippen LogP contribution in [-0.2, 0) is 18.3 Å². The van der Waals surface area contributed by atoms with Crippen molar-refractivity contribution in [3.63, 3.8) is 0 Å². The largest absolute Gasteiger partial charge is 0.494 e. The molecule has 2 aromatic heterocycles. The summed E-state index contributed by atoms with van der Waals surface area (Å²) < 4.78 is 7.61. The van der Waals surface area contributed by atoms with Crippen molar-refractivity contribution >= 4 is 46.3 Å². The van der Waals surface area contributed by atoms with E-state index in [4.69, 9.17) is 16.3 Å². The van der Waals surface area contributed by atoms with E-state index in [1.165, 1.54) is 0 Å². The van der Waals surface area contributed by atoms with E-state index in [0.29, 0.717) is 41.2 Å². The van der Waals surface area contributed by atoms with Crippen LogP contribution in [0.3, 0.4) is 0 Å². The zero-order chi connectivity index (χ0) is 25.9. The van der Waals surface area contributed by atoms with Crippen molar-refractivity contribution in [1.82, 2.24) is 19.5 Å². The van der Waals surface area contributed by atoms with Crippen molar-refractivity contribution < 1.29 is 9.53 Å². The van der Waals surface area contributed by atoms with Crippen LogP contribution in [0.15, 0.2) is 55.0 Å². The first-order chi connectivity index (χ1) is 18.0. The van der Waals surface area contributed by atoms with E-state index in [2.05, 4.69) is 25.6 Å². The maximum Gasteiger partial charge on any atom is 0.229 e. The minimum atomic E-state index is 0.131. The van der Waals surface area contributed by atoms with Gasteiger partial charge in [-0.25, -0.2) is 9.97 Å². The number of amides is 1. The van der Waals surface area contributed by atoms with Gasteiger partial charge in [-0.15, -0.1) is 0 Å². The molecule has 0 atom stereocenters. The van der Waals surface area contributed by atoms with Crippen LogP contribution >= 0.6 is 11.6 Å². The molecule has 1 aliphatic rings. The van der Waals surface area contributed by atoms with Gasteiger partial charge in [-0.3, -0.25) is 4.79 Å². The van der Waals surface area contributed by atoms with Crippen LogP contribution in [0, 0.1) is 0 Å². The molecule has 190 valence electrons. The molecule has 5 rings (SSSR count). The highest BCUT2D eigenvalue weighted by Crippen LogP contribution is 2.38. The van der Waals surface area contributed by atoms with Gasteiger partial charge in [0.05, 0.1) is 30.4 Å². The Kier molecular flexibility index (Phi) is 6.96. The number of rotatable bonds is 7. The van der Waals surface area contributed by atoms with Gasteiger partial charge in [0.1, 0.15) is 16.6 Å². The Morgan fingerprint density at radius 3 is 2.70 bits per heavy atom. The van der Waals surface area contributed by atoms with E-state index in [1.807, 2.05) is 66.0 Å². The molecule has 1 amide bonds. The summed E-state index contributed by atoms with van der Waals surface area (Å²) in [5.41, 5.74) is 4.41. The van der Waals surface area contributed by atoms with Crippen molar-refractivity contribution in [2.45, 2.75) is 26.2 Å². The maximum absolute atomic E-state index is 12.5. The summed E-state index contributed by atoms with van der Waals surface area (Å²) >= 11 is 6.48. The van der Waals surface area contributed by atoms with Crippen LogP contribution in [0.2, 0.25) is 5.02 Å². The van der Waals surface area contributed by atoms with E-state index < -0.39 is 0 Å². The number of carbonyl (C=O) groups excluding carboxylic acids is 1. The summed E-state index contributed by atoms with van der Waals surface area (Å²) in [4.78, 5) is 27.9. The number of fused-ring (bicyclic) bond motifs is 1. The maximum atomic E-state index is 12.5. The number of imidazole rings is 1. The number of methoxy groups -OCH3 is 1. The highest BCUT2D eigenvalue weighted by molar-refractivity contribution is 6.33. The normalized spacial score (nSPS) is 13.2. The minimum Gasteiger partial charge on any atom is -0.494 e.